The minimum Gasteiger partial charge on any atom is -0.350 e. The Balaban J connectivity index is 2.07. The molecule has 0 unspecified atom stereocenters. The van der Waals surface area contributed by atoms with Crippen molar-refractivity contribution in [3.8, 4) is 16.9 Å². The first kappa shape index (κ1) is 19.2. The molecule has 3 aromatic rings. The maximum absolute atomic E-state index is 14.2. The molecular formula is C20H19FN4O3. The molecule has 0 radical (unpaired) electrons. The van der Waals surface area contributed by atoms with Crippen molar-refractivity contribution in [2.75, 3.05) is 6.54 Å². The van der Waals surface area contributed by atoms with Crippen LogP contribution in [0.15, 0.2) is 54.6 Å². The van der Waals surface area contributed by atoms with Crippen LogP contribution in [0.1, 0.15) is 24.3 Å². The number of carbonyl (C=O) groups is 1. The highest BCUT2D eigenvalue weighted by Gasteiger charge is 2.19. The average molecular weight is 382 g/mol. The number of hydrogen-bond donors (Lipinski definition) is 1. The molecule has 1 amide bonds. The van der Waals surface area contributed by atoms with Gasteiger partial charge < -0.3 is 5.32 Å². The Morgan fingerprint density at radius 3 is 2.50 bits per heavy atom. The Morgan fingerprint density at radius 2 is 1.89 bits per heavy atom. The molecule has 28 heavy (non-hydrogen) atoms. The van der Waals surface area contributed by atoms with Crippen LogP contribution in [-0.2, 0) is 0 Å². The highest BCUT2D eigenvalue weighted by atomic mass is 19.1. The third kappa shape index (κ3) is 4.06. The van der Waals surface area contributed by atoms with Crippen LogP contribution in [0.5, 0.6) is 0 Å². The van der Waals surface area contributed by atoms with Crippen LogP contribution in [0, 0.1) is 21.8 Å². The van der Waals surface area contributed by atoms with Gasteiger partial charge in [0.05, 0.1) is 16.3 Å². The molecule has 0 atom stereocenters. The van der Waals surface area contributed by atoms with Gasteiger partial charge in [-0.3, -0.25) is 14.9 Å². The second-order valence-corrected chi connectivity index (χ2v) is 6.68. The highest BCUT2D eigenvalue weighted by Crippen LogP contribution is 2.25. The molecule has 0 fully saturated rings. The van der Waals surface area contributed by atoms with Gasteiger partial charge in [0.25, 0.3) is 11.6 Å². The number of nitro benzene ring substituents is 1. The molecule has 0 saturated carbocycles. The molecule has 1 aromatic heterocycles. The molecule has 1 N–H and O–H groups in total. The van der Waals surface area contributed by atoms with Gasteiger partial charge in [0, 0.05) is 24.2 Å². The van der Waals surface area contributed by atoms with Crippen LogP contribution in [0.4, 0.5) is 10.1 Å². The first-order chi connectivity index (χ1) is 13.4. The van der Waals surface area contributed by atoms with E-state index in [4.69, 9.17) is 0 Å². The fourth-order valence-electron chi connectivity index (χ4n) is 2.64. The van der Waals surface area contributed by atoms with Gasteiger partial charge in [-0.1, -0.05) is 26.0 Å². The van der Waals surface area contributed by atoms with E-state index >= 15 is 0 Å². The van der Waals surface area contributed by atoms with E-state index in [9.17, 15) is 19.3 Å². The summed E-state index contributed by atoms with van der Waals surface area (Å²) in [6, 6.07) is 13.3. The summed E-state index contributed by atoms with van der Waals surface area (Å²) in [7, 11) is 0. The normalized spacial score (nSPS) is 10.9. The average Bonchev–Trinajstić information content (AvgIpc) is 3.11. The van der Waals surface area contributed by atoms with E-state index in [-0.39, 0.29) is 28.8 Å². The van der Waals surface area contributed by atoms with Crippen LogP contribution in [-0.4, -0.2) is 27.2 Å². The standard InChI is InChI=1S/C20H19FN4O3/c1-13(2)12-22-20(26)19-11-18(16-5-3-4-6-17(16)21)23-24(19)14-7-9-15(10-8-14)25(27)28/h3-11,13H,12H2,1-2H3,(H,22,26). The number of halogens is 1. The SMILES string of the molecule is CC(C)CNC(=O)c1cc(-c2ccccc2F)nn1-c1ccc([N+](=O)[O-])cc1. The summed E-state index contributed by atoms with van der Waals surface area (Å²) in [6.07, 6.45) is 0. The Hall–Kier alpha value is -3.55. The van der Waals surface area contributed by atoms with Gasteiger partial charge in [0.1, 0.15) is 11.5 Å². The van der Waals surface area contributed by atoms with Crippen molar-refractivity contribution in [2.24, 2.45) is 5.92 Å². The summed E-state index contributed by atoms with van der Waals surface area (Å²) in [6.45, 7) is 4.41. The number of carbonyl (C=O) groups excluding carboxylic acids is 1. The second-order valence-electron chi connectivity index (χ2n) is 6.68. The first-order valence-electron chi connectivity index (χ1n) is 8.75. The lowest BCUT2D eigenvalue weighted by Gasteiger charge is -2.09. The maximum atomic E-state index is 14.2. The van der Waals surface area contributed by atoms with E-state index in [0.29, 0.717) is 17.9 Å². The van der Waals surface area contributed by atoms with Gasteiger partial charge in [0.15, 0.2) is 0 Å². The predicted molar refractivity (Wildman–Crippen MR) is 103 cm³/mol. The van der Waals surface area contributed by atoms with Gasteiger partial charge in [0.2, 0.25) is 0 Å². The summed E-state index contributed by atoms with van der Waals surface area (Å²) in [5, 5.41) is 18.1. The van der Waals surface area contributed by atoms with Crippen molar-refractivity contribution in [1.29, 1.82) is 0 Å². The number of nitro groups is 1. The molecule has 3 rings (SSSR count). The molecule has 0 bridgehead atoms. The Bertz CT molecular complexity index is 1010. The Labute approximate surface area is 161 Å². The van der Waals surface area contributed by atoms with E-state index in [2.05, 4.69) is 10.4 Å². The van der Waals surface area contributed by atoms with Crippen LogP contribution < -0.4 is 5.32 Å². The van der Waals surface area contributed by atoms with Crippen molar-refractivity contribution >= 4 is 11.6 Å². The second kappa shape index (κ2) is 7.99. The fourth-order valence-corrected chi connectivity index (χ4v) is 2.64. The van der Waals surface area contributed by atoms with Crippen molar-refractivity contribution in [2.45, 2.75) is 13.8 Å². The summed E-state index contributed by atoms with van der Waals surface area (Å²) >= 11 is 0. The highest BCUT2D eigenvalue weighted by molar-refractivity contribution is 5.94. The van der Waals surface area contributed by atoms with Crippen LogP contribution in [0.3, 0.4) is 0 Å². The quantitative estimate of drug-likeness (QED) is 0.516. The lowest BCUT2D eigenvalue weighted by Crippen LogP contribution is -2.29. The maximum Gasteiger partial charge on any atom is 0.270 e. The molecule has 0 spiro atoms. The molecule has 1 heterocycles. The molecule has 0 aliphatic rings. The smallest absolute Gasteiger partial charge is 0.270 e. The zero-order valence-corrected chi connectivity index (χ0v) is 15.4. The summed E-state index contributed by atoms with van der Waals surface area (Å²) in [5.41, 5.74) is 1.17. The Kier molecular flexibility index (Phi) is 5.49. The largest absolute Gasteiger partial charge is 0.350 e. The zero-order valence-electron chi connectivity index (χ0n) is 15.4. The molecule has 8 heteroatoms. The van der Waals surface area contributed by atoms with Crippen LogP contribution >= 0.6 is 0 Å². The molecule has 0 aliphatic heterocycles. The molecule has 0 saturated heterocycles. The number of benzene rings is 2. The molecule has 144 valence electrons. The minimum atomic E-state index is -0.506. The number of aromatic nitrogens is 2. The monoisotopic (exact) mass is 382 g/mol. The lowest BCUT2D eigenvalue weighted by atomic mass is 10.1. The number of amides is 1. The molecule has 0 aliphatic carbocycles. The van der Waals surface area contributed by atoms with Crippen molar-refractivity contribution in [3.05, 3.63) is 76.2 Å². The van der Waals surface area contributed by atoms with E-state index in [1.807, 2.05) is 13.8 Å². The van der Waals surface area contributed by atoms with Crippen LogP contribution in [0.25, 0.3) is 16.9 Å². The van der Waals surface area contributed by atoms with E-state index < -0.39 is 10.7 Å². The van der Waals surface area contributed by atoms with E-state index in [0.717, 1.165) is 0 Å². The van der Waals surface area contributed by atoms with Gasteiger partial charge in [-0.15, -0.1) is 0 Å². The predicted octanol–water partition coefficient (Wildman–Crippen LogP) is 3.97. The van der Waals surface area contributed by atoms with Gasteiger partial charge >= 0.3 is 0 Å². The molecular weight excluding hydrogens is 363 g/mol. The van der Waals surface area contributed by atoms with Gasteiger partial charge in [-0.05, 0) is 36.2 Å². The minimum absolute atomic E-state index is 0.0731. The third-order valence-corrected chi connectivity index (χ3v) is 4.07. The van der Waals surface area contributed by atoms with Gasteiger partial charge in [-0.25, -0.2) is 9.07 Å². The summed E-state index contributed by atoms with van der Waals surface area (Å²) < 4.78 is 15.6. The van der Waals surface area contributed by atoms with Crippen molar-refractivity contribution in [1.82, 2.24) is 15.1 Å². The van der Waals surface area contributed by atoms with Crippen LogP contribution in [0.2, 0.25) is 0 Å². The third-order valence-electron chi connectivity index (χ3n) is 4.07. The van der Waals surface area contributed by atoms with E-state index in [1.165, 1.54) is 41.1 Å². The Morgan fingerprint density at radius 1 is 1.21 bits per heavy atom. The molecule has 7 nitrogen and oxygen atoms in total. The number of rotatable bonds is 6. The lowest BCUT2D eigenvalue weighted by molar-refractivity contribution is -0.384. The first-order valence-corrected chi connectivity index (χ1v) is 8.75. The molecule has 2 aromatic carbocycles. The number of non-ortho nitro benzene ring substituents is 1. The van der Waals surface area contributed by atoms with Gasteiger partial charge in [-0.2, -0.15) is 5.10 Å². The summed E-state index contributed by atoms with van der Waals surface area (Å²) in [4.78, 5) is 23.0. The van der Waals surface area contributed by atoms with Crippen molar-refractivity contribution in [3.63, 3.8) is 0 Å². The fraction of sp³-hybridized carbons (Fsp3) is 0.200. The number of nitrogens with one attached hydrogen (secondary N) is 1. The van der Waals surface area contributed by atoms with Crippen molar-refractivity contribution < 1.29 is 14.1 Å². The number of hydrogen-bond acceptors (Lipinski definition) is 4. The van der Waals surface area contributed by atoms with E-state index in [1.54, 1.807) is 18.2 Å². The zero-order chi connectivity index (χ0) is 20.3. The number of nitrogens with zero attached hydrogens (tertiary/aromatic N) is 3. The topological polar surface area (TPSA) is 90.1 Å². The summed E-state index contributed by atoms with van der Waals surface area (Å²) in [5.74, 6) is -0.558.